The molecule has 0 aromatic rings. The zero-order valence-electron chi connectivity index (χ0n) is 14.8. The summed E-state index contributed by atoms with van der Waals surface area (Å²) < 4.78 is 5.61. The Balaban J connectivity index is 2.05. The second kappa shape index (κ2) is 10.8. The predicted octanol–water partition coefficient (Wildman–Crippen LogP) is 4.46. The van der Waals surface area contributed by atoms with E-state index < -0.39 is 11.6 Å². The van der Waals surface area contributed by atoms with Gasteiger partial charge in [-0.2, -0.15) is 0 Å². The Labute approximate surface area is 140 Å². The molecule has 0 radical (unpaired) electrons. The molecule has 1 fully saturated rings. The van der Waals surface area contributed by atoms with E-state index >= 15 is 0 Å². The lowest BCUT2D eigenvalue weighted by molar-refractivity contribution is -0.137. The van der Waals surface area contributed by atoms with Gasteiger partial charge in [-0.1, -0.05) is 64.0 Å². The first-order valence-electron chi connectivity index (χ1n) is 9.23. The summed E-state index contributed by atoms with van der Waals surface area (Å²) in [6, 6.07) is 0. The quantitative estimate of drug-likeness (QED) is 0.281. The summed E-state index contributed by atoms with van der Waals surface area (Å²) in [4.78, 5) is 10.5. The average Bonchev–Trinajstić information content (AvgIpc) is 3.22. The topological polar surface area (TPSA) is 70.1 Å². The second-order valence-corrected chi connectivity index (χ2v) is 7.01. The van der Waals surface area contributed by atoms with E-state index in [4.69, 9.17) is 9.84 Å². The van der Waals surface area contributed by atoms with Crippen LogP contribution in [0, 0.1) is 0 Å². The molecule has 1 aliphatic heterocycles. The van der Waals surface area contributed by atoms with E-state index in [0.717, 1.165) is 6.42 Å². The van der Waals surface area contributed by atoms with Crippen LogP contribution in [-0.2, 0) is 9.53 Å². The first kappa shape index (κ1) is 20.2. The number of ether oxygens (including phenoxy) is 1. The molecule has 1 saturated heterocycles. The highest BCUT2D eigenvalue weighted by Gasteiger charge is 2.36. The van der Waals surface area contributed by atoms with Crippen LogP contribution in [0.3, 0.4) is 0 Å². The van der Waals surface area contributed by atoms with Crippen molar-refractivity contribution in [1.82, 2.24) is 0 Å². The van der Waals surface area contributed by atoms with Gasteiger partial charge in [-0.3, -0.25) is 4.79 Å². The summed E-state index contributed by atoms with van der Waals surface area (Å²) >= 11 is 0. The summed E-state index contributed by atoms with van der Waals surface area (Å²) in [5.41, 5.74) is -0.939. The molecular formula is C19H34O4. The molecule has 3 atom stereocenters. The molecule has 0 bridgehead atoms. The minimum atomic E-state index is -0.939. The van der Waals surface area contributed by atoms with Gasteiger partial charge in [0.1, 0.15) is 6.10 Å². The minimum absolute atomic E-state index is 0.102. The van der Waals surface area contributed by atoms with Crippen molar-refractivity contribution in [2.45, 2.75) is 102 Å². The Morgan fingerprint density at radius 2 is 1.78 bits per heavy atom. The SMILES string of the molecule is CCCCCCCCCC1OC1/C=C/C(C)(O)CCCC(=O)O. The van der Waals surface area contributed by atoms with Crippen LogP contribution in [0.15, 0.2) is 12.2 Å². The molecule has 4 nitrogen and oxygen atoms in total. The predicted molar refractivity (Wildman–Crippen MR) is 92.5 cm³/mol. The van der Waals surface area contributed by atoms with Crippen molar-refractivity contribution in [2.24, 2.45) is 0 Å². The molecule has 3 unspecified atom stereocenters. The average molecular weight is 326 g/mol. The maximum atomic E-state index is 10.5. The summed E-state index contributed by atoms with van der Waals surface area (Å²) in [6.45, 7) is 3.96. The van der Waals surface area contributed by atoms with Gasteiger partial charge in [-0.25, -0.2) is 0 Å². The normalized spacial score (nSPS) is 23.1. The number of hydrogen-bond donors (Lipinski definition) is 2. The maximum absolute atomic E-state index is 10.5. The number of carbonyl (C=O) groups is 1. The number of aliphatic carboxylic acids is 1. The third kappa shape index (κ3) is 10.5. The van der Waals surface area contributed by atoms with Crippen LogP contribution in [0.5, 0.6) is 0 Å². The van der Waals surface area contributed by atoms with Crippen molar-refractivity contribution >= 4 is 5.97 Å². The first-order valence-corrected chi connectivity index (χ1v) is 9.23. The van der Waals surface area contributed by atoms with Crippen molar-refractivity contribution in [1.29, 1.82) is 0 Å². The van der Waals surface area contributed by atoms with Crippen molar-refractivity contribution in [3.05, 3.63) is 12.2 Å². The number of rotatable bonds is 14. The molecular weight excluding hydrogens is 292 g/mol. The largest absolute Gasteiger partial charge is 0.481 e. The van der Waals surface area contributed by atoms with Crippen molar-refractivity contribution in [3.8, 4) is 0 Å². The van der Waals surface area contributed by atoms with Crippen molar-refractivity contribution < 1.29 is 19.7 Å². The van der Waals surface area contributed by atoms with Crippen LogP contribution in [0.4, 0.5) is 0 Å². The monoisotopic (exact) mass is 326 g/mol. The minimum Gasteiger partial charge on any atom is -0.481 e. The highest BCUT2D eigenvalue weighted by molar-refractivity contribution is 5.66. The lowest BCUT2D eigenvalue weighted by Gasteiger charge is -2.17. The second-order valence-electron chi connectivity index (χ2n) is 7.01. The van der Waals surface area contributed by atoms with Crippen LogP contribution in [0.2, 0.25) is 0 Å². The number of carboxylic acids is 1. The number of hydrogen-bond acceptors (Lipinski definition) is 3. The number of unbranched alkanes of at least 4 members (excludes halogenated alkanes) is 6. The van der Waals surface area contributed by atoms with Gasteiger partial charge >= 0.3 is 5.97 Å². The van der Waals surface area contributed by atoms with E-state index in [1.54, 1.807) is 13.0 Å². The molecule has 0 aliphatic carbocycles. The number of epoxide rings is 1. The molecule has 0 spiro atoms. The van der Waals surface area contributed by atoms with Crippen molar-refractivity contribution in [2.75, 3.05) is 0 Å². The van der Waals surface area contributed by atoms with Crippen molar-refractivity contribution in [3.63, 3.8) is 0 Å². The van der Waals surface area contributed by atoms with Gasteiger partial charge in [0.25, 0.3) is 0 Å². The van der Waals surface area contributed by atoms with E-state index in [-0.39, 0.29) is 12.5 Å². The van der Waals surface area contributed by atoms with E-state index in [2.05, 4.69) is 6.92 Å². The molecule has 1 rings (SSSR count). The van der Waals surface area contributed by atoms with E-state index in [1.165, 1.54) is 44.9 Å². The summed E-state index contributed by atoms with van der Waals surface area (Å²) in [5.74, 6) is -0.815. The molecule has 4 heteroatoms. The molecule has 0 aromatic carbocycles. The first-order chi connectivity index (χ1) is 10.9. The summed E-state index contributed by atoms with van der Waals surface area (Å²) in [6.07, 6.45) is 15.5. The zero-order valence-corrected chi connectivity index (χ0v) is 14.8. The summed E-state index contributed by atoms with van der Waals surface area (Å²) in [5, 5.41) is 18.8. The van der Waals surface area contributed by atoms with E-state index in [9.17, 15) is 9.90 Å². The molecule has 0 saturated carbocycles. The Hall–Kier alpha value is -0.870. The van der Waals surface area contributed by atoms with Crippen LogP contribution in [0.1, 0.15) is 84.5 Å². The number of aliphatic hydroxyl groups is 1. The fraction of sp³-hybridized carbons (Fsp3) is 0.842. The van der Waals surface area contributed by atoms with Gasteiger partial charge in [0.15, 0.2) is 0 Å². The fourth-order valence-electron chi connectivity index (χ4n) is 2.84. The molecule has 2 N–H and O–H groups in total. The molecule has 1 heterocycles. The molecule has 134 valence electrons. The zero-order chi connectivity index (χ0) is 17.1. The lowest BCUT2D eigenvalue weighted by Crippen LogP contribution is -2.21. The smallest absolute Gasteiger partial charge is 0.303 e. The molecule has 0 aromatic heterocycles. The van der Waals surface area contributed by atoms with Crippen LogP contribution in [0.25, 0.3) is 0 Å². The third-order valence-corrected chi connectivity index (χ3v) is 4.43. The van der Waals surface area contributed by atoms with E-state index in [0.29, 0.717) is 18.9 Å². The van der Waals surface area contributed by atoms with Gasteiger partial charge in [0.2, 0.25) is 0 Å². The standard InChI is InChI=1S/C19H34O4/c1-3-4-5-6-7-8-9-11-16-17(23-16)13-15-19(2,22)14-10-12-18(20)21/h13,15-17,22H,3-12,14H2,1-2H3,(H,20,21)/b15-13+. The molecule has 23 heavy (non-hydrogen) atoms. The van der Waals surface area contributed by atoms with Crippen LogP contribution >= 0.6 is 0 Å². The molecule has 0 amide bonds. The van der Waals surface area contributed by atoms with Crippen LogP contribution in [-0.4, -0.2) is 34.0 Å². The highest BCUT2D eigenvalue weighted by Crippen LogP contribution is 2.30. The van der Waals surface area contributed by atoms with Gasteiger partial charge in [0, 0.05) is 6.42 Å². The molecule has 1 aliphatic rings. The van der Waals surface area contributed by atoms with Crippen LogP contribution < -0.4 is 0 Å². The van der Waals surface area contributed by atoms with Gasteiger partial charge in [-0.15, -0.1) is 0 Å². The lowest BCUT2D eigenvalue weighted by atomic mass is 9.97. The van der Waals surface area contributed by atoms with Gasteiger partial charge in [-0.05, 0) is 26.2 Å². The summed E-state index contributed by atoms with van der Waals surface area (Å²) in [7, 11) is 0. The number of carboxylic acid groups (broad SMARTS) is 1. The van der Waals surface area contributed by atoms with Gasteiger partial charge in [0.05, 0.1) is 11.7 Å². The Bertz CT molecular complexity index is 362. The third-order valence-electron chi connectivity index (χ3n) is 4.43. The Morgan fingerprint density at radius 1 is 1.13 bits per heavy atom. The van der Waals surface area contributed by atoms with E-state index in [1.807, 2.05) is 6.08 Å². The fourth-order valence-corrected chi connectivity index (χ4v) is 2.84. The Kier molecular flexibility index (Phi) is 9.49. The maximum Gasteiger partial charge on any atom is 0.303 e. The highest BCUT2D eigenvalue weighted by atomic mass is 16.6. The Morgan fingerprint density at radius 3 is 2.43 bits per heavy atom. The van der Waals surface area contributed by atoms with Gasteiger partial charge < -0.3 is 14.9 Å².